The Labute approximate surface area is 506 Å². The highest BCUT2D eigenvalue weighted by molar-refractivity contribution is 6.31. The number of ether oxygens (including phenoxy) is 4. The molecule has 1 aliphatic rings. The molecule has 87 heavy (non-hydrogen) atoms. The highest BCUT2D eigenvalue weighted by Crippen LogP contribution is 2.29. The van der Waals surface area contributed by atoms with Crippen LogP contribution < -0.4 is 15.8 Å². The smallest absolute Gasteiger partial charge is 0.409 e. The van der Waals surface area contributed by atoms with Gasteiger partial charge in [0.1, 0.15) is 90.0 Å². The highest BCUT2D eigenvalue weighted by atomic mass is 35.5. The summed E-state index contributed by atoms with van der Waals surface area (Å²) >= 11 is 6.08. The molecule has 0 spiro atoms. The summed E-state index contributed by atoms with van der Waals surface area (Å²) in [6.07, 6.45) is -19.1. The lowest BCUT2D eigenvalue weighted by molar-refractivity contribution is -0.326. The van der Waals surface area contributed by atoms with Crippen LogP contribution in [0.15, 0.2) is 79.0 Å². The molecule has 1 aromatic heterocycles. The Morgan fingerprint density at radius 1 is 0.793 bits per heavy atom. The number of primary amides is 1. The van der Waals surface area contributed by atoms with E-state index >= 15 is 4.39 Å². The summed E-state index contributed by atoms with van der Waals surface area (Å²) < 4.78 is 36.9. The third-order valence-corrected chi connectivity index (χ3v) is 15.1. The van der Waals surface area contributed by atoms with Gasteiger partial charge in [-0.15, -0.1) is 0 Å². The van der Waals surface area contributed by atoms with E-state index in [1.807, 2.05) is 13.0 Å². The highest BCUT2D eigenvalue weighted by Gasteiger charge is 2.48. The van der Waals surface area contributed by atoms with E-state index in [0.29, 0.717) is 16.1 Å². The Kier molecular flexibility index (Phi) is 27.1. The summed E-state index contributed by atoms with van der Waals surface area (Å²) in [5, 5.41) is 85.2. The van der Waals surface area contributed by atoms with Gasteiger partial charge >= 0.3 is 6.09 Å². The van der Waals surface area contributed by atoms with Gasteiger partial charge in [0.15, 0.2) is 23.6 Å². The molecular weight excluding hydrogens is 1160 g/mol. The first-order valence-corrected chi connectivity index (χ1v) is 28.4. The number of aliphatic hydroxyl groups is 8. The SMILES string of the molecule is Cc1cc(CC(=O)Cc2ccc(Oc3ccnc(C(=O)CCCN(C)C(=O)OCc4ccc(CC(=O)C(CC(N)=O)CC(=O)C(C)NC(=O)C(CC(=O)[C@H](O)[C@H](O)[C@@H](O[C@@H]5O[C@H](CO)[C@H](O)[C@H](O)[C@H]5O)[C@H](O)CO)C(C)C)cc4)c3)cc2F)ccc1Cl. The topological polar surface area (TPSA) is 390 Å². The summed E-state index contributed by atoms with van der Waals surface area (Å²) in [4.78, 5) is 110. The minimum Gasteiger partial charge on any atom is -0.457 e. The minimum absolute atomic E-state index is 0.0126. The maximum Gasteiger partial charge on any atom is 0.409 e. The van der Waals surface area contributed by atoms with E-state index in [-0.39, 0.29) is 79.6 Å². The zero-order valence-electron chi connectivity index (χ0n) is 48.7. The van der Waals surface area contributed by atoms with Crippen LogP contribution >= 0.6 is 11.6 Å². The van der Waals surface area contributed by atoms with Gasteiger partial charge < -0.3 is 75.8 Å². The molecule has 3 aromatic carbocycles. The van der Waals surface area contributed by atoms with Crippen LogP contribution in [0.4, 0.5) is 9.18 Å². The number of aliphatic hydroxyl groups excluding tert-OH is 8. The Bertz CT molecular complexity index is 3040. The van der Waals surface area contributed by atoms with E-state index in [0.717, 1.165) is 17.2 Å². The first kappa shape index (κ1) is 70.7. The standard InChI is InChI=1S/C61H76ClFN4O20/c1-31(2)42(27-49(74)53(77)56(80)58(50(75)28-68)87-60-57(81)55(79)54(78)51(29-69)86-60)59(82)66-33(4)47(72)23-38(24-52(64)76)48(73)21-34-8-10-35(11-9-34)30-84-61(83)67(5)18-6-7-46(71)45-26-41(16-17-65-45)85-40-14-13-37(44(63)25-40)22-39(70)20-36-12-15-43(62)32(3)19-36/h8-17,19,25-26,31,33,38,42,50-51,53-58,60,68-69,75,77-81H,6-7,18,20-24,27-30H2,1-5H3,(H2,64,76)(H,66,82)/t33?,38?,42?,50-,51-,53+,54+,55+,56+,57-,58+,60+/m1/s1. The van der Waals surface area contributed by atoms with Crippen molar-refractivity contribution >= 4 is 58.4 Å². The van der Waals surface area contributed by atoms with E-state index in [1.165, 1.54) is 49.3 Å². The Balaban J connectivity index is 1.05. The van der Waals surface area contributed by atoms with Gasteiger partial charge in [0.25, 0.3) is 0 Å². The Morgan fingerprint density at radius 2 is 1.46 bits per heavy atom. The lowest BCUT2D eigenvalue weighted by Gasteiger charge is -2.42. The molecule has 11 N–H and O–H groups in total. The van der Waals surface area contributed by atoms with Gasteiger partial charge in [0.05, 0.1) is 19.3 Å². The molecule has 4 aromatic rings. The monoisotopic (exact) mass is 1240 g/mol. The quantitative estimate of drug-likeness (QED) is 0.0299. The largest absolute Gasteiger partial charge is 0.457 e. The van der Waals surface area contributed by atoms with Gasteiger partial charge in [-0.25, -0.2) is 9.18 Å². The van der Waals surface area contributed by atoms with E-state index in [2.05, 4.69) is 10.3 Å². The number of amides is 3. The molecule has 1 fully saturated rings. The first-order chi connectivity index (χ1) is 41.1. The van der Waals surface area contributed by atoms with E-state index in [1.54, 1.807) is 50.2 Å². The van der Waals surface area contributed by atoms with Crippen LogP contribution in [0.3, 0.4) is 0 Å². The molecule has 0 aliphatic carbocycles. The number of pyridine rings is 1. The number of aryl methyl sites for hydroxylation is 1. The van der Waals surface area contributed by atoms with Crippen LogP contribution in [0.5, 0.6) is 11.5 Å². The zero-order valence-corrected chi connectivity index (χ0v) is 49.5. The van der Waals surface area contributed by atoms with Gasteiger partial charge in [-0.3, -0.25) is 38.5 Å². The van der Waals surface area contributed by atoms with E-state index in [4.69, 9.17) is 36.3 Å². The summed E-state index contributed by atoms with van der Waals surface area (Å²) in [6.45, 7) is 4.27. The van der Waals surface area contributed by atoms with Gasteiger partial charge in [0, 0.05) is 93.7 Å². The molecule has 3 amide bonds. The predicted molar refractivity (Wildman–Crippen MR) is 307 cm³/mol. The maximum absolute atomic E-state index is 15.1. The molecule has 24 nitrogen and oxygen atoms in total. The fourth-order valence-electron chi connectivity index (χ4n) is 9.41. The number of nitrogens with one attached hydrogen (secondary N) is 1. The van der Waals surface area contributed by atoms with E-state index in [9.17, 15) is 79.2 Å². The van der Waals surface area contributed by atoms with Gasteiger partial charge in [-0.1, -0.05) is 67.9 Å². The molecule has 0 saturated carbocycles. The molecule has 0 bridgehead atoms. The maximum atomic E-state index is 15.1. The molecule has 0 radical (unpaired) electrons. The van der Waals surface area contributed by atoms with Gasteiger partial charge in [-0.2, -0.15) is 0 Å². The molecule has 5 rings (SSSR count). The molecule has 2 heterocycles. The third kappa shape index (κ3) is 20.8. The molecule has 1 aliphatic heterocycles. The second kappa shape index (κ2) is 33.4. The van der Waals surface area contributed by atoms with Gasteiger partial charge in [-0.05, 0) is 72.2 Å². The number of hydrogen-bond donors (Lipinski definition) is 10. The minimum atomic E-state index is -2.39. The number of ketones is 5. The van der Waals surface area contributed by atoms with Gasteiger partial charge in [0.2, 0.25) is 11.8 Å². The molecule has 26 heteroatoms. The van der Waals surface area contributed by atoms with Crippen LogP contribution in [0.2, 0.25) is 5.02 Å². The van der Waals surface area contributed by atoms with Crippen molar-refractivity contribution in [3.63, 3.8) is 0 Å². The first-order valence-electron chi connectivity index (χ1n) is 28.1. The summed E-state index contributed by atoms with van der Waals surface area (Å²) in [5.41, 5.74) is 8.39. The summed E-state index contributed by atoms with van der Waals surface area (Å²) in [6, 6.07) is 17.5. The van der Waals surface area contributed by atoms with Crippen molar-refractivity contribution in [3.8, 4) is 11.5 Å². The fraction of sp³-hybridized carbons (Fsp3) is 0.492. The lowest BCUT2D eigenvalue weighted by Crippen LogP contribution is -2.61. The summed E-state index contributed by atoms with van der Waals surface area (Å²) in [7, 11) is 1.49. The van der Waals surface area contributed by atoms with Crippen molar-refractivity contribution in [1.82, 2.24) is 15.2 Å². The summed E-state index contributed by atoms with van der Waals surface area (Å²) in [5.74, 6) is -7.92. The molecule has 474 valence electrons. The van der Waals surface area contributed by atoms with Crippen molar-refractivity contribution in [2.45, 2.75) is 147 Å². The average Bonchev–Trinajstić information content (AvgIpc) is 2.27. The number of nitrogens with two attached hydrogens (primary N) is 1. The van der Waals surface area contributed by atoms with Crippen LogP contribution in [0.1, 0.15) is 91.2 Å². The molecular formula is C61H76ClFN4O20. The molecule has 12 atom stereocenters. The zero-order chi connectivity index (χ0) is 64.4. The number of nitrogens with zero attached hydrogens (tertiary/aromatic N) is 2. The van der Waals surface area contributed by atoms with Crippen molar-refractivity contribution in [2.24, 2.45) is 23.5 Å². The average molecular weight is 1240 g/mol. The van der Waals surface area contributed by atoms with Crippen molar-refractivity contribution in [1.29, 1.82) is 0 Å². The number of halogens is 2. The number of carbonyl (C=O) groups is 8. The van der Waals surface area contributed by atoms with Crippen molar-refractivity contribution in [3.05, 3.63) is 123 Å². The number of benzene rings is 3. The fourth-order valence-corrected chi connectivity index (χ4v) is 9.52. The number of hydrogen-bond acceptors (Lipinski definition) is 21. The van der Waals surface area contributed by atoms with Crippen LogP contribution in [-0.4, -0.2) is 186 Å². The second-order valence-electron chi connectivity index (χ2n) is 21.9. The third-order valence-electron chi connectivity index (χ3n) is 14.7. The second-order valence-corrected chi connectivity index (χ2v) is 22.3. The lowest BCUT2D eigenvalue weighted by atomic mass is 9.86. The van der Waals surface area contributed by atoms with Crippen LogP contribution in [0.25, 0.3) is 0 Å². The number of Topliss-reactive ketones (excluding diaryl/α,β-unsaturated/α-hetero) is 5. The number of aromatic nitrogens is 1. The normalized spacial score (nSPS) is 19.1. The molecule has 1 saturated heterocycles. The van der Waals surface area contributed by atoms with Crippen molar-refractivity contribution in [2.75, 3.05) is 26.8 Å². The predicted octanol–water partition coefficient (Wildman–Crippen LogP) is 2.12. The molecule has 3 unspecified atom stereocenters. The Morgan fingerprint density at radius 3 is 2.09 bits per heavy atom. The van der Waals surface area contributed by atoms with E-state index < -0.39 is 152 Å². The Hall–Kier alpha value is -7.01. The van der Waals surface area contributed by atoms with Crippen LogP contribution in [0, 0.1) is 30.5 Å². The van der Waals surface area contributed by atoms with Crippen LogP contribution in [-0.2, 0) is 68.8 Å². The number of carbonyl (C=O) groups excluding carboxylic acids is 8. The number of rotatable bonds is 34. The van der Waals surface area contributed by atoms with Crippen molar-refractivity contribution < 1.29 is 103 Å².